The Morgan fingerprint density at radius 1 is 0.882 bits per heavy atom. The standard InChI is InChI=1S/C26H34O8/c1-9-10-11-32-19-12-14(2)20(22(27)17(19)5)26(29)34-24-16(4)15(3)21(18(6)23(24)31-8)25(28)33-13-30-7/h12,27H,9-11,13H2,1-8H3. The Labute approximate surface area is 200 Å². The minimum Gasteiger partial charge on any atom is -0.507 e. The van der Waals surface area contributed by atoms with Crippen LogP contribution in [0.2, 0.25) is 0 Å². The summed E-state index contributed by atoms with van der Waals surface area (Å²) in [6.07, 6.45) is 1.87. The average molecular weight is 475 g/mol. The summed E-state index contributed by atoms with van der Waals surface area (Å²) in [5.41, 5.74) is 2.92. The van der Waals surface area contributed by atoms with E-state index in [2.05, 4.69) is 6.92 Å². The highest BCUT2D eigenvalue weighted by Crippen LogP contribution is 2.41. The van der Waals surface area contributed by atoms with Crippen LogP contribution in [0.25, 0.3) is 0 Å². The molecule has 34 heavy (non-hydrogen) atoms. The van der Waals surface area contributed by atoms with Crippen LogP contribution in [0, 0.1) is 34.6 Å². The normalized spacial score (nSPS) is 10.7. The van der Waals surface area contributed by atoms with Crippen LogP contribution in [0.1, 0.15) is 68.3 Å². The molecule has 0 saturated carbocycles. The fourth-order valence-electron chi connectivity index (χ4n) is 3.70. The number of phenols is 1. The molecule has 186 valence electrons. The molecule has 0 spiro atoms. The second kappa shape index (κ2) is 11.7. The molecule has 2 aromatic rings. The third kappa shape index (κ3) is 5.44. The highest BCUT2D eigenvalue weighted by atomic mass is 16.7. The number of hydrogen-bond acceptors (Lipinski definition) is 8. The maximum Gasteiger partial charge on any atom is 0.347 e. The molecule has 0 radical (unpaired) electrons. The first kappa shape index (κ1) is 27.0. The first-order valence-electron chi connectivity index (χ1n) is 11.1. The minimum absolute atomic E-state index is 0.0423. The Hall–Kier alpha value is -3.26. The SMILES string of the molecule is CCCCOc1cc(C)c(C(=O)Oc2c(C)c(C)c(C(=O)OCOC)c(C)c2OC)c(O)c1C. The van der Waals surface area contributed by atoms with Crippen molar-refractivity contribution in [2.75, 3.05) is 27.6 Å². The number of phenolic OH excluding ortho intramolecular Hbond substituents is 1. The monoisotopic (exact) mass is 474 g/mol. The Balaban J connectivity index is 2.49. The van der Waals surface area contributed by atoms with Gasteiger partial charge in [0.2, 0.25) is 0 Å². The quantitative estimate of drug-likeness (QED) is 0.220. The second-order valence-corrected chi connectivity index (χ2v) is 8.08. The molecule has 1 N–H and O–H groups in total. The van der Waals surface area contributed by atoms with Crippen LogP contribution in [-0.2, 0) is 9.47 Å². The van der Waals surface area contributed by atoms with Crippen molar-refractivity contribution in [3.05, 3.63) is 45.0 Å². The highest BCUT2D eigenvalue weighted by Gasteiger charge is 2.28. The molecule has 0 aliphatic rings. The first-order chi connectivity index (χ1) is 16.1. The molecule has 0 aromatic heterocycles. The van der Waals surface area contributed by atoms with Crippen molar-refractivity contribution < 1.29 is 38.4 Å². The van der Waals surface area contributed by atoms with Crippen molar-refractivity contribution in [3.8, 4) is 23.0 Å². The molecular formula is C26H34O8. The number of benzene rings is 2. The van der Waals surface area contributed by atoms with Crippen molar-refractivity contribution in [3.63, 3.8) is 0 Å². The summed E-state index contributed by atoms with van der Waals surface area (Å²) < 4.78 is 26.9. The third-order valence-electron chi connectivity index (χ3n) is 5.77. The van der Waals surface area contributed by atoms with Crippen molar-refractivity contribution in [2.45, 2.75) is 54.4 Å². The van der Waals surface area contributed by atoms with Gasteiger partial charge in [0.25, 0.3) is 0 Å². The summed E-state index contributed by atoms with van der Waals surface area (Å²) >= 11 is 0. The fourth-order valence-corrected chi connectivity index (χ4v) is 3.70. The summed E-state index contributed by atoms with van der Waals surface area (Å²) in [6.45, 7) is 10.9. The molecule has 2 rings (SSSR count). The second-order valence-electron chi connectivity index (χ2n) is 8.08. The summed E-state index contributed by atoms with van der Waals surface area (Å²) in [6, 6.07) is 1.72. The fraction of sp³-hybridized carbons (Fsp3) is 0.462. The number of esters is 2. The van der Waals surface area contributed by atoms with Crippen molar-refractivity contribution in [1.82, 2.24) is 0 Å². The van der Waals surface area contributed by atoms with E-state index in [4.69, 9.17) is 23.7 Å². The van der Waals surface area contributed by atoms with Gasteiger partial charge in [0.15, 0.2) is 18.3 Å². The van der Waals surface area contributed by atoms with Gasteiger partial charge < -0.3 is 28.8 Å². The van der Waals surface area contributed by atoms with Gasteiger partial charge in [-0.25, -0.2) is 9.59 Å². The molecule has 8 nitrogen and oxygen atoms in total. The zero-order valence-electron chi connectivity index (χ0n) is 21.2. The number of rotatable bonds is 10. The smallest absolute Gasteiger partial charge is 0.347 e. The topological polar surface area (TPSA) is 101 Å². The van der Waals surface area contributed by atoms with E-state index in [-0.39, 0.29) is 29.6 Å². The number of carbonyl (C=O) groups is 2. The predicted molar refractivity (Wildman–Crippen MR) is 127 cm³/mol. The number of aromatic hydroxyl groups is 1. The number of aryl methyl sites for hydroxylation is 1. The van der Waals surface area contributed by atoms with Gasteiger partial charge >= 0.3 is 11.9 Å². The van der Waals surface area contributed by atoms with Crippen LogP contribution >= 0.6 is 0 Å². The van der Waals surface area contributed by atoms with E-state index < -0.39 is 11.9 Å². The molecule has 0 bridgehead atoms. The lowest BCUT2D eigenvalue weighted by atomic mass is 9.96. The van der Waals surface area contributed by atoms with Gasteiger partial charge in [-0.2, -0.15) is 0 Å². The molecule has 0 heterocycles. The lowest BCUT2D eigenvalue weighted by Gasteiger charge is -2.21. The number of carbonyl (C=O) groups excluding carboxylic acids is 2. The van der Waals surface area contributed by atoms with E-state index in [1.807, 2.05) is 0 Å². The van der Waals surface area contributed by atoms with Gasteiger partial charge in [-0.05, 0) is 63.8 Å². The van der Waals surface area contributed by atoms with Gasteiger partial charge in [0.05, 0.1) is 19.3 Å². The van der Waals surface area contributed by atoms with Crippen molar-refractivity contribution in [1.29, 1.82) is 0 Å². The average Bonchev–Trinajstić information content (AvgIpc) is 2.79. The summed E-state index contributed by atoms with van der Waals surface area (Å²) in [4.78, 5) is 25.8. The number of unbranched alkanes of at least 4 members (excludes halogenated alkanes) is 1. The molecule has 0 saturated heterocycles. The molecule has 0 aliphatic carbocycles. The van der Waals surface area contributed by atoms with E-state index in [0.717, 1.165) is 12.8 Å². The predicted octanol–water partition coefficient (Wildman–Crippen LogP) is 5.10. The maximum atomic E-state index is 13.2. The Bertz CT molecular complexity index is 1070. The summed E-state index contributed by atoms with van der Waals surface area (Å²) in [5.74, 6) is -0.576. The van der Waals surface area contributed by atoms with Crippen LogP contribution in [0.3, 0.4) is 0 Å². The summed E-state index contributed by atoms with van der Waals surface area (Å²) in [7, 11) is 2.85. The minimum atomic E-state index is -0.742. The number of methoxy groups -OCH3 is 2. The Morgan fingerprint density at radius 2 is 1.56 bits per heavy atom. The van der Waals surface area contributed by atoms with E-state index in [1.165, 1.54) is 14.2 Å². The maximum absolute atomic E-state index is 13.2. The van der Waals surface area contributed by atoms with Crippen LogP contribution in [-0.4, -0.2) is 44.7 Å². The lowest BCUT2D eigenvalue weighted by Crippen LogP contribution is -2.17. The van der Waals surface area contributed by atoms with Gasteiger partial charge in [0.1, 0.15) is 17.1 Å². The molecule has 0 amide bonds. The van der Waals surface area contributed by atoms with Crippen LogP contribution in [0.5, 0.6) is 23.0 Å². The summed E-state index contributed by atoms with van der Waals surface area (Å²) in [5, 5.41) is 10.8. The van der Waals surface area contributed by atoms with Crippen molar-refractivity contribution in [2.24, 2.45) is 0 Å². The zero-order chi connectivity index (χ0) is 25.6. The van der Waals surface area contributed by atoms with Gasteiger partial charge in [-0.15, -0.1) is 0 Å². The van der Waals surface area contributed by atoms with Crippen LogP contribution in [0.4, 0.5) is 0 Å². The third-order valence-corrected chi connectivity index (χ3v) is 5.77. The molecule has 0 fully saturated rings. The molecule has 2 aromatic carbocycles. The first-order valence-corrected chi connectivity index (χ1v) is 11.1. The Morgan fingerprint density at radius 3 is 2.15 bits per heavy atom. The molecular weight excluding hydrogens is 440 g/mol. The van der Waals surface area contributed by atoms with Gasteiger partial charge in [-0.3, -0.25) is 0 Å². The van der Waals surface area contributed by atoms with Crippen molar-refractivity contribution >= 4 is 11.9 Å². The molecule has 8 heteroatoms. The number of hydrogen-bond donors (Lipinski definition) is 1. The van der Waals surface area contributed by atoms with Gasteiger partial charge in [-0.1, -0.05) is 13.3 Å². The zero-order valence-corrected chi connectivity index (χ0v) is 21.2. The van der Waals surface area contributed by atoms with Crippen LogP contribution in [0.15, 0.2) is 6.07 Å². The molecule has 0 aliphatic heterocycles. The van der Waals surface area contributed by atoms with E-state index in [1.54, 1.807) is 40.7 Å². The lowest BCUT2D eigenvalue weighted by molar-refractivity contribution is -0.0126. The number of ether oxygens (including phenoxy) is 5. The largest absolute Gasteiger partial charge is 0.507 e. The van der Waals surface area contributed by atoms with E-state index in [9.17, 15) is 14.7 Å². The molecule has 0 unspecified atom stereocenters. The van der Waals surface area contributed by atoms with E-state index in [0.29, 0.717) is 45.7 Å². The molecule has 0 atom stereocenters. The van der Waals surface area contributed by atoms with Gasteiger partial charge in [0, 0.05) is 18.2 Å². The Kier molecular flexibility index (Phi) is 9.32. The van der Waals surface area contributed by atoms with E-state index >= 15 is 0 Å². The highest BCUT2D eigenvalue weighted by molar-refractivity contribution is 5.98. The van der Waals surface area contributed by atoms with Crippen LogP contribution < -0.4 is 14.2 Å².